The van der Waals surface area contributed by atoms with Gasteiger partial charge >= 0.3 is 0 Å². The van der Waals surface area contributed by atoms with Gasteiger partial charge in [-0.15, -0.1) is 0 Å². The van der Waals surface area contributed by atoms with Crippen LogP contribution in [0.15, 0.2) is 51.9 Å². The minimum atomic E-state index is -4.17. The highest BCUT2D eigenvalue weighted by Crippen LogP contribution is 2.36. The van der Waals surface area contributed by atoms with Gasteiger partial charge in [0.2, 0.25) is 10.0 Å². The molecular formula is C17H15FN2O4S. The van der Waals surface area contributed by atoms with Crippen molar-refractivity contribution in [2.24, 2.45) is 5.14 Å². The standard InChI is InChI=1S/C17H15FN2O4S/c1-10-3-2-4-12(7-10)17-16(14(9-21)24-20-17)11-5-6-15(13(18)8-11)25(19,22)23/h2-8,21H,9H2,1H3,(H2,19,22,23). The molecule has 1 heterocycles. The predicted molar refractivity (Wildman–Crippen MR) is 89.4 cm³/mol. The molecule has 3 rings (SSSR count). The van der Waals surface area contributed by atoms with Gasteiger partial charge < -0.3 is 9.63 Å². The topological polar surface area (TPSA) is 106 Å². The Kier molecular flexibility index (Phi) is 4.42. The molecule has 0 spiro atoms. The van der Waals surface area contributed by atoms with Crippen LogP contribution in [0.3, 0.4) is 0 Å². The molecule has 0 saturated heterocycles. The Balaban J connectivity index is 2.21. The first kappa shape index (κ1) is 17.3. The van der Waals surface area contributed by atoms with Crippen LogP contribution < -0.4 is 5.14 Å². The summed E-state index contributed by atoms with van der Waals surface area (Å²) in [5, 5.41) is 18.5. The SMILES string of the molecule is Cc1cccc(-c2noc(CO)c2-c2ccc(S(N)(=O)=O)c(F)c2)c1. The first-order chi connectivity index (χ1) is 11.8. The lowest BCUT2D eigenvalue weighted by molar-refractivity contribution is 0.230. The lowest BCUT2D eigenvalue weighted by atomic mass is 9.98. The van der Waals surface area contributed by atoms with Crippen LogP contribution >= 0.6 is 0 Å². The van der Waals surface area contributed by atoms with E-state index in [0.717, 1.165) is 23.3 Å². The van der Waals surface area contributed by atoms with E-state index < -0.39 is 27.3 Å². The van der Waals surface area contributed by atoms with Gasteiger partial charge in [-0.2, -0.15) is 0 Å². The molecule has 0 saturated carbocycles. The molecule has 0 fully saturated rings. The fourth-order valence-corrected chi connectivity index (χ4v) is 3.19. The summed E-state index contributed by atoms with van der Waals surface area (Å²) in [7, 11) is -4.17. The molecule has 25 heavy (non-hydrogen) atoms. The third-order valence-electron chi connectivity index (χ3n) is 3.72. The zero-order chi connectivity index (χ0) is 18.2. The first-order valence-corrected chi connectivity index (χ1v) is 8.85. The Morgan fingerprint density at radius 1 is 1.20 bits per heavy atom. The van der Waals surface area contributed by atoms with Crippen molar-refractivity contribution >= 4 is 10.0 Å². The summed E-state index contributed by atoms with van der Waals surface area (Å²) in [6.45, 7) is 1.48. The fourth-order valence-electron chi connectivity index (χ4n) is 2.61. The fraction of sp³-hybridized carbons (Fsp3) is 0.118. The van der Waals surface area contributed by atoms with Crippen molar-refractivity contribution in [1.82, 2.24) is 5.16 Å². The lowest BCUT2D eigenvalue weighted by Gasteiger charge is -2.07. The van der Waals surface area contributed by atoms with Gasteiger partial charge in [-0.1, -0.05) is 35.0 Å². The van der Waals surface area contributed by atoms with E-state index in [1.807, 2.05) is 31.2 Å². The normalized spacial score (nSPS) is 11.7. The molecule has 0 aliphatic heterocycles. The Labute approximate surface area is 143 Å². The maximum absolute atomic E-state index is 14.2. The molecule has 0 bridgehead atoms. The average Bonchev–Trinajstić information content (AvgIpc) is 2.97. The van der Waals surface area contributed by atoms with Crippen LogP contribution in [0.1, 0.15) is 11.3 Å². The van der Waals surface area contributed by atoms with E-state index in [4.69, 9.17) is 9.66 Å². The number of benzene rings is 2. The number of rotatable bonds is 4. The number of nitrogens with two attached hydrogens (primary N) is 1. The maximum Gasteiger partial charge on any atom is 0.240 e. The highest BCUT2D eigenvalue weighted by molar-refractivity contribution is 7.89. The van der Waals surface area contributed by atoms with Gasteiger partial charge in [-0.3, -0.25) is 0 Å². The van der Waals surface area contributed by atoms with Gasteiger partial charge in [-0.25, -0.2) is 17.9 Å². The summed E-state index contributed by atoms with van der Waals surface area (Å²) in [5.41, 5.74) is 2.87. The Hall–Kier alpha value is -2.55. The molecule has 0 atom stereocenters. The quantitative estimate of drug-likeness (QED) is 0.742. The minimum Gasteiger partial charge on any atom is -0.388 e. The van der Waals surface area contributed by atoms with Crippen LogP contribution in [0.25, 0.3) is 22.4 Å². The molecule has 6 nitrogen and oxygen atoms in total. The number of hydrogen-bond donors (Lipinski definition) is 2. The van der Waals surface area contributed by atoms with E-state index >= 15 is 0 Å². The number of nitrogens with zero attached hydrogens (tertiary/aromatic N) is 1. The molecular weight excluding hydrogens is 347 g/mol. The molecule has 8 heteroatoms. The zero-order valence-electron chi connectivity index (χ0n) is 13.2. The molecule has 0 radical (unpaired) electrons. The summed E-state index contributed by atoms with van der Waals surface area (Å²) in [6.07, 6.45) is 0. The van der Waals surface area contributed by atoms with Crippen molar-refractivity contribution in [3.05, 3.63) is 59.6 Å². The molecule has 0 aliphatic rings. The number of hydrogen-bond acceptors (Lipinski definition) is 5. The molecule has 2 aromatic carbocycles. The van der Waals surface area contributed by atoms with E-state index in [0.29, 0.717) is 16.8 Å². The van der Waals surface area contributed by atoms with Gasteiger partial charge in [0, 0.05) is 5.56 Å². The number of halogens is 1. The van der Waals surface area contributed by atoms with Crippen LogP contribution in [0.5, 0.6) is 0 Å². The Morgan fingerprint density at radius 3 is 2.56 bits per heavy atom. The zero-order valence-corrected chi connectivity index (χ0v) is 14.0. The van der Waals surface area contributed by atoms with Crippen LogP contribution in [0, 0.1) is 12.7 Å². The summed E-state index contributed by atoms with van der Waals surface area (Å²) in [5.74, 6) is -0.834. The van der Waals surface area contributed by atoms with E-state index in [-0.39, 0.29) is 5.76 Å². The maximum atomic E-state index is 14.2. The van der Waals surface area contributed by atoms with E-state index in [1.165, 1.54) is 6.07 Å². The van der Waals surface area contributed by atoms with Crippen molar-refractivity contribution in [3.8, 4) is 22.4 Å². The van der Waals surface area contributed by atoms with Crippen LogP contribution in [-0.4, -0.2) is 18.7 Å². The summed E-state index contributed by atoms with van der Waals surface area (Å²) >= 11 is 0. The van der Waals surface area contributed by atoms with E-state index in [9.17, 15) is 17.9 Å². The Bertz CT molecular complexity index is 1040. The third-order valence-corrected chi connectivity index (χ3v) is 4.67. The number of aliphatic hydroxyl groups excluding tert-OH is 1. The molecule has 3 aromatic rings. The number of aromatic nitrogens is 1. The van der Waals surface area contributed by atoms with Crippen LogP contribution in [-0.2, 0) is 16.6 Å². The number of aryl methyl sites for hydroxylation is 1. The molecule has 0 unspecified atom stereocenters. The molecule has 0 aliphatic carbocycles. The van der Waals surface area contributed by atoms with E-state index in [1.54, 1.807) is 0 Å². The highest BCUT2D eigenvalue weighted by atomic mass is 32.2. The van der Waals surface area contributed by atoms with Crippen LogP contribution in [0.4, 0.5) is 4.39 Å². The number of aliphatic hydroxyl groups is 1. The Morgan fingerprint density at radius 2 is 1.96 bits per heavy atom. The van der Waals surface area contributed by atoms with Gasteiger partial charge in [0.25, 0.3) is 0 Å². The summed E-state index contributed by atoms with van der Waals surface area (Å²) in [4.78, 5) is -0.602. The minimum absolute atomic E-state index is 0.152. The smallest absolute Gasteiger partial charge is 0.240 e. The number of primary sulfonamides is 1. The van der Waals surface area contributed by atoms with Gasteiger partial charge in [-0.05, 0) is 30.7 Å². The van der Waals surface area contributed by atoms with Gasteiger partial charge in [0.15, 0.2) is 5.76 Å². The highest BCUT2D eigenvalue weighted by Gasteiger charge is 2.22. The van der Waals surface area contributed by atoms with Crippen molar-refractivity contribution in [2.75, 3.05) is 0 Å². The second-order valence-corrected chi connectivity index (χ2v) is 7.08. The van der Waals surface area contributed by atoms with Gasteiger partial charge in [0.1, 0.15) is 23.0 Å². The van der Waals surface area contributed by atoms with Crippen LogP contribution in [0.2, 0.25) is 0 Å². The van der Waals surface area contributed by atoms with Crippen molar-refractivity contribution < 1.29 is 22.4 Å². The van der Waals surface area contributed by atoms with Crippen molar-refractivity contribution in [3.63, 3.8) is 0 Å². The van der Waals surface area contributed by atoms with E-state index in [2.05, 4.69) is 5.16 Å². The second kappa shape index (κ2) is 6.40. The molecule has 1 aromatic heterocycles. The largest absolute Gasteiger partial charge is 0.388 e. The lowest BCUT2D eigenvalue weighted by Crippen LogP contribution is -2.14. The molecule has 130 valence electrons. The molecule has 3 N–H and O–H groups in total. The predicted octanol–water partition coefficient (Wildman–Crippen LogP) is 2.60. The third kappa shape index (κ3) is 3.32. The average molecular weight is 362 g/mol. The molecule has 0 amide bonds. The van der Waals surface area contributed by atoms with Crippen molar-refractivity contribution in [1.29, 1.82) is 0 Å². The second-order valence-electron chi connectivity index (χ2n) is 5.55. The first-order valence-electron chi connectivity index (χ1n) is 7.30. The summed E-state index contributed by atoms with van der Waals surface area (Å²) in [6, 6.07) is 10.9. The van der Waals surface area contributed by atoms with Crippen molar-refractivity contribution in [2.45, 2.75) is 18.4 Å². The number of sulfonamides is 1. The van der Waals surface area contributed by atoms with Gasteiger partial charge in [0.05, 0.1) is 5.56 Å². The summed E-state index contributed by atoms with van der Waals surface area (Å²) < 4.78 is 42.1. The monoisotopic (exact) mass is 362 g/mol.